The fourth-order valence-corrected chi connectivity index (χ4v) is 3.50. The standard InChI is InChI=1S/C19H22FN3OS/c1-25-12-14-10-15(20)7-6-13(14)11-22-19(21)23-17-8-9-24-18-5-3-2-4-16(17)18/h2-7,10,17H,8-9,11-12H2,1H3,(H3,21,22,23). The summed E-state index contributed by atoms with van der Waals surface area (Å²) in [6, 6.07) is 12.9. The number of rotatable bonds is 5. The van der Waals surface area contributed by atoms with Gasteiger partial charge in [0.15, 0.2) is 5.96 Å². The van der Waals surface area contributed by atoms with Gasteiger partial charge in [-0.2, -0.15) is 11.8 Å². The Bertz CT molecular complexity index is 766. The van der Waals surface area contributed by atoms with Crippen LogP contribution < -0.4 is 15.8 Å². The Kier molecular flexibility index (Phi) is 5.81. The molecule has 0 saturated heterocycles. The lowest BCUT2D eigenvalue weighted by atomic mass is 10.0. The molecule has 0 radical (unpaired) electrons. The van der Waals surface area contributed by atoms with Crippen molar-refractivity contribution in [3.05, 3.63) is 65.0 Å². The molecule has 0 spiro atoms. The summed E-state index contributed by atoms with van der Waals surface area (Å²) in [7, 11) is 0. The Labute approximate surface area is 151 Å². The quantitative estimate of drug-likeness (QED) is 0.632. The number of ether oxygens (including phenoxy) is 1. The highest BCUT2D eigenvalue weighted by Gasteiger charge is 2.21. The van der Waals surface area contributed by atoms with Crippen LogP contribution in [0.1, 0.15) is 29.2 Å². The van der Waals surface area contributed by atoms with Gasteiger partial charge in [-0.15, -0.1) is 0 Å². The van der Waals surface area contributed by atoms with Gasteiger partial charge in [0, 0.05) is 17.7 Å². The Morgan fingerprint density at radius 3 is 3.00 bits per heavy atom. The van der Waals surface area contributed by atoms with Gasteiger partial charge in [-0.05, 0) is 35.6 Å². The topological polar surface area (TPSA) is 59.6 Å². The highest BCUT2D eigenvalue weighted by Crippen LogP contribution is 2.31. The number of thioether (sulfide) groups is 1. The zero-order chi connectivity index (χ0) is 17.6. The van der Waals surface area contributed by atoms with Crippen molar-refractivity contribution in [3.63, 3.8) is 0 Å². The fraction of sp³-hybridized carbons (Fsp3) is 0.316. The van der Waals surface area contributed by atoms with E-state index in [9.17, 15) is 4.39 Å². The predicted molar refractivity (Wildman–Crippen MR) is 101 cm³/mol. The maximum atomic E-state index is 13.4. The molecule has 4 nitrogen and oxygen atoms in total. The molecule has 2 aromatic carbocycles. The second-order valence-corrected chi connectivity index (χ2v) is 6.79. The summed E-state index contributed by atoms with van der Waals surface area (Å²) in [6.07, 6.45) is 2.83. The van der Waals surface area contributed by atoms with Gasteiger partial charge in [-0.1, -0.05) is 24.3 Å². The molecule has 0 aliphatic carbocycles. The fourth-order valence-electron chi connectivity index (χ4n) is 2.93. The molecular formula is C19H22FN3OS. The number of hydrogen-bond donors (Lipinski definition) is 2. The summed E-state index contributed by atoms with van der Waals surface area (Å²) in [5, 5.41) is 3.28. The molecule has 3 rings (SSSR count). The minimum Gasteiger partial charge on any atom is -0.493 e. The highest BCUT2D eigenvalue weighted by atomic mass is 32.2. The molecule has 0 fully saturated rings. The molecule has 1 heterocycles. The van der Waals surface area contributed by atoms with Crippen molar-refractivity contribution >= 4 is 17.7 Å². The van der Waals surface area contributed by atoms with Gasteiger partial charge in [0.25, 0.3) is 0 Å². The van der Waals surface area contributed by atoms with Crippen molar-refractivity contribution in [3.8, 4) is 5.75 Å². The molecule has 6 heteroatoms. The third-order valence-electron chi connectivity index (χ3n) is 4.17. The largest absolute Gasteiger partial charge is 0.493 e. The third-order valence-corrected chi connectivity index (χ3v) is 4.77. The monoisotopic (exact) mass is 359 g/mol. The molecule has 3 N–H and O–H groups in total. The van der Waals surface area contributed by atoms with E-state index in [1.807, 2.05) is 30.5 Å². The van der Waals surface area contributed by atoms with E-state index in [2.05, 4.69) is 10.3 Å². The van der Waals surface area contributed by atoms with Gasteiger partial charge in [-0.25, -0.2) is 9.38 Å². The van der Waals surface area contributed by atoms with Gasteiger partial charge in [0.1, 0.15) is 11.6 Å². The average Bonchev–Trinajstić information content (AvgIpc) is 2.62. The van der Waals surface area contributed by atoms with Crippen LogP contribution in [0.3, 0.4) is 0 Å². The number of nitrogens with two attached hydrogens (primary N) is 1. The first-order chi connectivity index (χ1) is 12.2. The minimum absolute atomic E-state index is 0.0904. The van der Waals surface area contributed by atoms with Crippen LogP contribution in [-0.2, 0) is 12.3 Å². The summed E-state index contributed by atoms with van der Waals surface area (Å²) >= 11 is 1.66. The van der Waals surface area contributed by atoms with Crippen LogP contribution in [0.15, 0.2) is 47.5 Å². The molecule has 0 aromatic heterocycles. The zero-order valence-electron chi connectivity index (χ0n) is 14.2. The maximum Gasteiger partial charge on any atom is 0.189 e. The van der Waals surface area contributed by atoms with Gasteiger partial charge in [-0.3, -0.25) is 0 Å². The van der Waals surface area contributed by atoms with Crippen molar-refractivity contribution in [2.45, 2.75) is 24.8 Å². The second-order valence-electron chi connectivity index (χ2n) is 5.92. The van der Waals surface area contributed by atoms with Crippen LogP contribution in [0.4, 0.5) is 4.39 Å². The first-order valence-electron chi connectivity index (χ1n) is 8.22. The molecule has 1 unspecified atom stereocenters. The van der Waals surface area contributed by atoms with Crippen molar-refractivity contribution in [2.24, 2.45) is 10.7 Å². The van der Waals surface area contributed by atoms with Crippen LogP contribution >= 0.6 is 11.8 Å². The van der Waals surface area contributed by atoms with E-state index in [0.717, 1.165) is 34.6 Å². The molecular weight excluding hydrogens is 337 g/mol. The van der Waals surface area contributed by atoms with Crippen LogP contribution in [0.2, 0.25) is 0 Å². The smallest absolute Gasteiger partial charge is 0.189 e. The molecule has 132 valence electrons. The Hall–Kier alpha value is -2.21. The molecule has 1 aliphatic heterocycles. The highest BCUT2D eigenvalue weighted by molar-refractivity contribution is 7.97. The van der Waals surface area contributed by atoms with Crippen molar-refractivity contribution in [1.82, 2.24) is 5.32 Å². The number of para-hydroxylation sites is 1. The van der Waals surface area contributed by atoms with E-state index >= 15 is 0 Å². The molecule has 1 aliphatic rings. The lowest BCUT2D eigenvalue weighted by molar-refractivity contribution is 0.262. The summed E-state index contributed by atoms with van der Waals surface area (Å²) in [4.78, 5) is 4.44. The lowest BCUT2D eigenvalue weighted by Crippen LogP contribution is -2.37. The Morgan fingerprint density at radius 2 is 2.16 bits per heavy atom. The number of halogens is 1. The molecule has 2 aromatic rings. The molecule has 0 amide bonds. The van der Waals surface area contributed by atoms with E-state index in [0.29, 0.717) is 19.1 Å². The SMILES string of the molecule is CSCc1cc(F)ccc1CN=C(N)NC1CCOc2ccccc21. The number of nitrogens with zero attached hydrogens (tertiary/aromatic N) is 1. The molecule has 1 atom stereocenters. The number of guanidine groups is 1. The van der Waals surface area contributed by atoms with Crippen molar-refractivity contribution in [2.75, 3.05) is 12.9 Å². The van der Waals surface area contributed by atoms with Crippen molar-refractivity contribution < 1.29 is 9.13 Å². The van der Waals surface area contributed by atoms with E-state index in [1.165, 1.54) is 6.07 Å². The van der Waals surface area contributed by atoms with E-state index < -0.39 is 0 Å². The van der Waals surface area contributed by atoms with Crippen molar-refractivity contribution in [1.29, 1.82) is 0 Å². The number of fused-ring (bicyclic) bond motifs is 1. The van der Waals surface area contributed by atoms with Gasteiger partial charge < -0.3 is 15.8 Å². The predicted octanol–water partition coefficient (Wildman–Crippen LogP) is 3.62. The van der Waals surface area contributed by atoms with Crippen LogP contribution in [0.25, 0.3) is 0 Å². The molecule has 0 bridgehead atoms. The van der Waals surface area contributed by atoms with Gasteiger partial charge >= 0.3 is 0 Å². The van der Waals surface area contributed by atoms with Gasteiger partial charge in [0.2, 0.25) is 0 Å². The number of nitrogens with one attached hydrogen (secondary N) is 1. The zero-order valence-corrected chi connectivity index (χ0v) is 15.0. The molecule has 25 heavy (non-hydrogen) atoms. The third kappa shape index (κ3) is 4.45. The summed E-state index contributed by atoms with van der Waals surface area (Å²) < 4.78 is 19.1. The maximum absolute atomic E-state index is 13.4. The average molecular weight is 359 g/mol. The Morgan fingerprint density at radius 1 is 1.32 bits per heavy atom. The second kappa shape index (κ2) is 8.25. The normalized spacial score (nSPS) is 16.9. The number of hydrogen-bond acceptors (Lipinski definition) is 3. The summed E-state index contributed by atoms with van der Waals surface area (Å²) in [5.41, 5.74) is 9.13. The number of benzene rings is 2. The first kappa shape index (κ1) is 17.6. The van der Waals surface area contributed by atoms with E-state index in [4.69, 9.17) is 10.5 Å². The lowest BCUT2D eigenvalue weighted by Gasteiger charge is -2.27. The molecule has 0 saturated carbocycles. The van der Waals surface area contributed by atoms with Crippen LogP contribution in [0, 0.1) is 5.82 Å². The minimum atomic E-state index is -0.221. The van der Waals surface area contributed by atoms with E-state index in [1.54, 1.807) is 23.9 Å². The van der Waals surface area contributed by atoms with Crippen LogP contribution in [0.5, 0.6) is 5.75 Å². The van der Waals surface area contributed by atoms with E-state index in [-0.39, 0.29) is 11.9 Å². The number of aliphatic imine (C=N–C) groups is 1. The van der Waals surface area contributed by atoms with Crippen LogP contribution in [-0.4, -0.2) is 18.8 Å². The first-order valence-corrected chi connectivity index (χ1v) is 9.61. The summed E-state index contributed by atoms with van der Waals surface area (Å²) in [6.45, 7) is 1.08. The van der Waals surface area contributed by atoms with Gasteiger partial charge in [0.05, 0.1) is 19.2 Å². The Balaban J connectivity index is 1.69. The summed E-state index contributed by atoms with van der Waals surface area (Å²) in [5.74, 6) is 1.81.